The highest BCUT2D eigenvalue weighted by Gasteiger charge is 2.17. The van der Waals surface area contributed by atoms with Gasteiger partial charge in [-0.15, -0.1) is 0 Å². The molecule has 0 spiro atoms. The van der Waals surface area contributed by atoms with Gasteiger partial charge in [-0.1, -0.05) is 12.1 Å². The van der Waals surface area contributed by atoms with Gasteiger partial charge in [0.15, 0.2) is 0 Å². The third kappa shape index (κ3) is 5.22. The maximum atomic E-state index is 12.6. The number of carbonyl (C=O) groups excluding carboxylic acids is 1. The molecule has 0 unspecified atom stereocenters. The Kier molecular flexibility index (Phi) is 5.97. The summed E-state index contributed by atoms with van der Waals surface area (Å²) in [5.41, 5.74) is 0.158. The molecule has 158 valence electrons. The molecule has 0 aliphatic heterocycles. The van der Waals surface area contributed by atoms with Crippen molar-refractivity contribution in [3.63, 3.8) is 0 Å². The van der Waals surface area contributed by atoms with E-state index < -0.39 is 26.8 Å². The van der Waals surface area contributed by atoms with Gasteiger partial charge in [-0.05, 0) is 48.5 Å². The van der Waals surface area contributed by atoms with Crippen molar-refractivity contribution in [2.45, 2.75) is 4.90 Å². The van der Waals surface area contributed by atoms with Gasteiger partial charge in [0.1, 0.15) is 0 Å². The zero-order valence-corrected chi connectivity index (χ0v) is 16.5. The maximum absolute atomic E-state index is 12.6. The number of carboxylic acid groups (broad SMARTS) is 1. The number of rotatable bonds is 7. The first-order chi connectivity index (χ1) is 14.7. The molecule has 0 atom stereocenters. The van der Waals surface area contributed by atoms with Crippen LogP contribution in [0.5, 0.6) is 0 Å². The van der Waals surface area contributed by atoms with Gasteiger partial charge in [0, 0.05) is 29.1 Å². The van der Waals surface area contributed by atoms with E-state index in [1.165, 1.54) is 66.7 Å². The minimum absolute atomic E-state index is 0.00256. The fraction of sp³-hybridized carbons (Fsp3) is 0. The smallest absolute Gasteiger partial charge is 0.335 e. The minimum atomic E-state index is -4.06. The Balaban J connectivity index is 1.79. The molecular formula is C20H15N3O7S. The van der Waals surface area contributed by atoms with Crippen molar-refractivity contribution < 1.29 is 28.0 Å². The lowest BCUT2D eigenvalue weighted by atomic mass is 10.2. The lowest BCUT2D eigenvalue weighted by Gasteiger charge is -2.10. The Morgan fingerprint density at radius 3 is 2.19 bits per heavy atom. The average Bonchev–Trinajstić information content (AvgIpc) is 2.74. The van der Waals surface area contributed by atoms with E-state index in [0.29, 0.717) is 0 Å². The molecule has 0 aliphatic carbocycles. The second kappa shape index (κ2) is 8.63. The van der Waals surface area contributed by atoms with Crippen molar-refractivity contribution in [1.82, 2.24) is 0 Å². The summed E-state index contributed by atoms with van der Waals surface area (Å²) in [6.07, 6.45) is 0. The fourth-order valence-corrected chi connectivity index (χ4v) is 3.70. The van der Waals surface area contributed by atoms with Crippen LogP contribution in [0.2, 0.25) is 0 Å². The standard InChI is InChI=1S/C20H15N3O7S/c24-19(21-16-4-2-5-17(12-16)23(27)28)14-3-1-6-18(11-14)31(29,30)22-15-9-7-13(8-10-15)20(25)26/h1-12,22H,(H,21,24)(H,25,26). The first-order valence-corrected chi connectivity index (χ1v) is 10.2. The van der Waals surface area contributed by atoms with Crippen molar-refractivity contribution in [2.75, 3.05) is 10.0 Å². The van der Waals surface area contributed by atoms with Crippen LogP contribution in [-0.2, 0) is 10.0 Å². The zero-order chi connectivity index (χ0) is 22.6. The normalized spacial score (nSPS) is 10.8. The molecule has 3 rings (SSSR count). The number of benzene rings is 3. The highest BCUT2D eigenvalue weighted by molar-refractivity contribution is 7.92. The number of sulfonamides is 1. The Morgan fingerprint density at radius 2 is 1.55 bits per heavy atom. The molecule has 3 aromatic rings. The summed E-state index contributed by atoms with van der Waals surface area (Å²) in [4.78, 5) is 33.4. The summed E-state index contributed by atoms with van der Waals surface area (Å²) in [6.45, 7) is 0. The van der Waals surface area contributed by atoms with Crippen LogP contribution in [0.15, 0.2) is 77.7 Å². The van der Waals surface area contributed by atoms with E-state index >= 15 is 0 Å². The number of hydrogen-bond donors (Lipinski definition) is 3. The molecule has 11 heteroatoms. The summed E-state index contributed by atoms with van der Waals surface area (Å²) >= 11 is 0. The molecule has 3 N–H and O–H groups in total. The largest absolute Gasteiger partial charge is 0.478 e. The van der Waals surface area contributed by atoms with E-state index in [9.17, 15) is 28.1 Å². The number of nitrogens with zero attached hydrogens (tertiary/aromatic N) is 1. The van der Waals surface area contributed by atoms with Crippen molar-refractivity contribution in [3.8, 4) is 0 Å². The molecular weight excluding hydrogens is 426 g/mol. The van der Waals surface area contributed by atoms with Crippen LogP contribution < -0.4 is 10.0 Å². The second-order valence-electron chi connectivity index (χ2n) is 6.28. The molecule has 0 bridgehead atoms. The van der Waals surface area contributed by atoms with E-state index in [0.717, 1.165) is 6.07 Å². The molecule has 0 radical (unpaired) electrons. The van der Waals surface area contributed by atoms with E-state index in [4.69, 9.17) is 5.11 Å². The van der Waals surface area contributed by atoms with Crippen LogP contribution in [-0.4, -0.2) is 30.3 Å². The van der Waals surface area contributed by atoms with Crippen molar-refractivity contribution in [1.29, 1.82) is 0 Å². The van der Waals surface area contributed by atoms with Gasteiger partial charge in [0.2, 0.25) is 0 Å². The zero-order valence-electron chi connectivity index (χ0n) is 15.7. The van der Waals surface area contributed by atoms with Crippen LogP contribution in [0.3, 0.4) is 0 Å². The third-order valence-corrected chi connectivity index (χ3v) is 5.48. The van der Waals surface area contributed by atoms with E-state index in [-0.39, 0.29) is 33.1 Å². The number of carboxylic acids is 1. The Morgan fingerprint density at radius 1 is 0.871 bits per heavy atom. The Hall–Kier alpha value is -4.25. The number of hydrogen-bond acceptors (Lipinski definition) is 6. The van der Waals surface area contributed by atoms with Crippen LogP contribution in [0.4, 0.5) is 17.1 Å². The first-order valence-electron chi connectivity index (χ1n) is 8.68. The molecule has 0 saturated carbocycles. The van der Waals surface area contributed by atoms with Gasteiger partial charge in [-0.3, -0.25) is 19.6 Å². The molecule has 0 heterocycles. The van der Waals surface area contributed by atoms with Crippen LogP contribution in [0.1, 0.15) is 20.7 Å². The number of amides is 1. The molecule has 0 saturated heterocycles. The second-order valence-corrected chi connectivity index (χ2v) is 7.96. The van der Waals surface area contributed by atoms with E-state index in [1.54, 1.807) is 0 Å². The number of nitrogens with one attached hydrogen (secondary N) is 2. The monoisotopic (exact) mass is 441 g/mol. The number of anilines is 2. The predicted octanol–water partition coefficient (Wildman–Crippen LogP) is 3.35. The number of nitro benzene ring substituents is 1. The van der Waals surface area contributed by atoms with Crippen LogP contribution >= 0.6 is 0 Å². The maximum Gasteiger partial charge on any atom is 0.335 e. The highest BCUT2D eigenvalue weighted by atomic mass is 32.2. The quantitative estimate of drug-likeness (QED) is 0.375. The molecule has 10 nitrogen and oxygen atoms in total. The van der Waals surface area contributed by atoms with Gasteiger partial charge in [0.25, 0.3) is 21.6 Å². The van der Waals surface area contributed by atoms with Gasteiger partial charge >= 0.3 is 5.97 Å². The molecule has 3 aromatic carbocycles. The summed E-state index contributed by atoms with van der Waals surface area (Å²) in [5, 5.41) is 22.2. The number of nitro groups is 1. The predicted molar refractivity (Wildman–Crippen MR) is 112 cm³/mol. The van der Waals surface area contributed by atoms with Crippen molar-refractivity contribution >= 4 is 39.0 Å². The lowest BCUT2D eigenvalue weighted by molar-refractivity contribution is -0.384. The van der Waals surface area contributed by atoms with Gasteiger partial charge in [-0.25, -0.2) is 13.2 Å². The van der Waals surface area contributed by atoms with Crippen LogP contribution in [0.25, 0.3) is 0 Å². The average molecular weight is 441 g/mol. The SMILES string of the molecule is O=C(O)c1ccc(NS(=O)(=O)c2cccc(C(=O)Nc3cccc([N+](=O)[O-])c3)c2)cc1. The topological polar surface area (TPSA) is 156 Å². The fourth-order valence-electron chi connectivity index (χ4n) is 2.60. The Labute approximate surface area is 176 Å². The highest BCUT2D eigenvalue weighted by Crippen LogP contribution is 2.20. The Bertz CT molecular complexity index is 1270. The molecule has 0 aliphatic rings. The number of carbonyl (C=O) groups is 2. The van der Waals surface area contributed by atoms with E-state index in [2.05, 4.69) is 10.0 Å². The summed E-state index contributed by atoms with van der Waals surface area (Å²) in [6, 6.07) is 15.7. The van der Waals surface area contributed by atoms with Crippen molar-refractivity contribution in [3.05, 3.63) is 94.0 Å². The molecule has 0 aromatic heterocycles. The molecule has 0 fully saturated rings. The first kappa shape index (κ1) is 21.5. The third-order valence-electron chi connectivity index (χ3n) is 4.11. The summed E-state index contributed by atoms with van der Waals surface area (Å²) in [7, 11) is -4.06. The van der Waals surface area contributed by atoms with Gasteiger partial charge < -0.3 is 10.4 Å². The lowest BCUT2D eigenvalue weighted by Crippen LogP contribution is -2.16. The van der Waals surface area contributed by atoms with Crippen molar-refractivity contribution in [2.24, 2.45) is 0 Å². The molecule has 1 amide bonds. The van der Waals surface area contributed by atoms with Gasteiger partial charge in [0.05, 0.1) is 15.4 Å². The van der Waals surface area contributed by atoms with E-state index in [1.807, 2.05) is 0 Å². The number of aromatic carboxylic acids is 1. The minimum Gasteiger partial charge on any atom is -0.478 e. The summed E-state index contributed by atoms with van der Waals surface area (Å²) in [5.74, 6) is -1.79. The molecule has 31 heavy (non-hydrogen) atoms. The van der Waals surface area contributed by atoms with Crippen LogP contribution in [0, 0.1) is 10.1 Å². The number of non-ortho nitro benzene ring substituents is 1. The summed E-state index contributed by atoms with van der Waals surface area (Å²) < 4.78 is 27.6. The van der Waals surface area contributed by atoms with Gasteiger partial charge in [-0.2, -0.15) is 0 Å².